The number of halogens is 2. The number of fused-ring (bicyclic) bond motifs is 5. The molecule has 1 fully saturated rings. The number of ether oxygens (including phenoxy) is 3. The van der Waals surface area contributed by atoms with Gasteiger partial charge >= 0.3 is 6.61 Å². The summed E-state index contributed by atoms with van der Waals surface area (Å²) in [5, 5.41) is 8.60. The molecule has 176 valence electrons. The molecule has 0 bridgehead atoms. The first-order valence-electron chi connectivity index (χ1n) is 11.0. The average molecular weight is 469 g/mol. The SMILES string of the molecule is C[C@H]1OCc2c1c(N)nc1cc3c(cc21)C(=O)N1[C@@H](COC[C@@H]1c1ccc(OC(F)F)nn1)C3. The molecule has 3 atom stereocenters. The van der Waals surface area contributed by atoms with Gasteiger partial charge in [-0.3, -0.25) is 4.79 Å². The van der Waals surface area contributed by atoms with Gasteiger partial charge in [0, 0.05) is 22.6 Å². The van der Waals surface area contributed by atoms with Crippen LogP contribution in [-0.2, 0) is 22.5 Å². The van der Waals surface area contributed by atoms with Gasteiger partial charge in [0.1, 0.15) is 5.82 Å². The Morgan fingerprint density at radius 1 is 1.24 bits per heavy atom. The summed E-state index contributed by atoms with van der Waals surface area (Å²) in [7, 11) is 0. The van der Waals surface area contributed by atoms with Crippen molar-refractivity contribution >= 4 is 22.6 Å². The second kappa shape index (κ2) is 7.81. The number of rotatable bonds is 3. The van der Waals surface area contributed by atoms with Crippen molar-refractivity contribution in [3.8, 4) is 5.88 Å². The zero-order valence-electron chi connectivity index (χ0n) is 18.2. The Balaban J connectivity index is 1.39. The fourth-order valence-electron chi connectivity index (χ4n) is 5.20. The largest absolute Gasteiger partial charge is 0.415 e. The average Bonchev–Trinajstić information content (AvgIpc) is 3.20. The maximum absolute atomic E-state index is 13.7. The Kier molecular flexibility index (Phi) is 4.85. The van der Waals surface area contributed by atoms with Crippen molar-refractivity contribution in [1.82, 2.24) is 20.1 Å². The van der Waals surface area contributed by atoms with E-state index in [0.29, 0.717) is 36.7 Å². The molecule has 2 aromatic heterocycles. The molecule has 11 heteroatoms. The van der Waals surface area contributed by atoms with Crippen LogP contribution < -0.4 is 10.5 Å². The van der Waals surface area contributed by atoms with E-state index in [9.17, 15) is 13.6 Å². The monoisotopic (exact) mass is 469 g/mol. The molecule has 1 saturated heterocycles. The fraction of sp³-hybridized carbons (Fsp3) is 0.391. The first-order chi connectivity index (χ1) is 16.4. The smallest absolute Gasteiger partial charge is 0.388 e. The van der Waals surface area contributed by atoms with Crippen LogP contribution >= 0.6 is 0 Å². The third-order valence-corrected chi connectivity index (χ3v) is 6.72. The number of anilines is 1. The second-order valence-corrected chi connectivity index (χ2v) is 8.67. The molecule has 3 aromatic rings. The molecule has 0 unspecified atom stereocenters. The number of carbonyl (C=O) groups is 1. The van der Waals surface area contributed by atoms with Crippen molar-refractivity contribution in [3.63, 3.8) is 0 Å². The van der Waals surface area contributed by atoms with Crippen molar-refractivity contribution in [2.45, 2.75) is 44.8 Å². The van der Waals surface area contributed by atoms with Crippen LogP contribution in [0.3, 0.4) is 0 Å². The van der Waals surface area contributed by atoms with Crippen LogP contribution in [0.5, 0.6) is 5.88 Å². The number of nitrogen functional groups attached to an aromatic ring is 1. The number of carbonyl (C=O) groups excluding carboxylic acids is 1. The van der Waals surface area contributed by atoms with E-state index in [1.807, 2.05) is 19.1 Å². The molecule has 0 saturated carbocycles. The highest BCUT2D eigenvalue weighted by atomic mass is 19.3. The summed E-state index contributed by atoms with van der Waals surface area (Å²) < 4.78 is 40.7. The van der Waals surface area contributed by atoms with Gasteiger partial charge in [-0.25, -0.2) is 4.98 Å². The van der Waals surface area contributed by atoms with Crippen LogP contribution in [0.1, 0.15) is 51.8 Å². The predicted molar refractivity (Wildman–Crippen MR) is 115 cm³/mol. The lowest BCUT2D eigenvalue weighted by Gasteiger charge is -2.44. The van der Waals surface area contributed by atoms with E-state index in [-0.39, 0.29) is 30.5 Å². The lowest BCUT2D eigenvalue weighted by molar-refractivity contribution is -0.0540. The summed E-state index contributed by atoms with van der Waals surface area (Å²) >= 11 is 0. The lowest BCUT2D eigenvalue weighted by Crippen LogP contribution is -2.54. The molecule has 1 amide bonds. The van der Waals surface area contributed by atoms with E-state index >= 15 is 0 Å². The van der Waals surface area contributed by atoms with Crippen molar-refractivity contribution in [2.75, 3.05) is 18.9 Å². The molecular formula is C23H21F2N5O4. The summed E-state index contributed by atoms with van der Waals surface area (Å²) in [4.78, 5) is 20.1. The number of aromatic nitrogens is 3. The van der Waals surface area contributed by atoms with Gasteiger partial charge in [0.2, 0.25) is 5.88 Å². The number of nitrogens with zero attached hydrogens (tertiary/aromatic N) is 4. The number of nitrogens with two attached hydrogens (primary N) is 1. The van der Waals surface area contributed by atoms with Gasteiger partial charge in [-0.15, -0.1) is 10.2 Å². The fourth-order valence-corrected chi connectivity index (χ4v) is 5.20. The van der Waals surface area contributed by atoms with E-state index < -0.39 is 12.7 Å². The van der Waals surface area contributed by atoms with Crippen LogP contribution in [0.2, 0.25) is 0 Å². The number of morpholine rings is 1. The standard InChI is InChI=1S/C23H21F2N5O4/c1-10-20-15(8-33-10)14-6-13-11(5-17(14)27-21(20)26)4-12-7-32-9-18(30(12)22(13)31)16-2-3-19(29-28-16)34-23(24)25/h2-3,5-6,10,12,18,23H,4,7-9H2,1H3,(H2,26,27)/t10-,12-,18-/m1/s1. The quantitative estimate of drug-likeness (QED) is 0.623. The maximum atomic E-state index is 13.7. The van der Waals surface area contributed by atoms with Crippen molar-refractivity contribution in [1.29, 1.82) is 0 Å². The molecule has 2 N–H and O–H groups in total. The van der Waals surface area contributed by atoms with Gasteiger partial charge in [-0.2, -0.15) is 8.78 Å². The number of alkyl halides is 2. The second-order valence-electron chi connectivity index (χ2n) is 8.67. The highest BCUT2D eigenvalue weighted by Crippen LogP contribution is 2.41. The van der Waals surface area contributed by atoms with Gasteiger partial charge in [-0.1, -0.05) is 0 Å². The number of amides is 1. The number of hydrogen-bond acceptors (Lipinski definition) is 8. The van der Waals surface area contributed by atoms with E-state index in [2.05, 4.69) is 19.9 Å². The molecule has 34 heavy (non-hydrogen) atoms. The van der Waals surface area contributed by atoms with Crippen LogP contribution in [0.15, 0.2) is 24.3 Å². The van der Waals surface area contributed by atoms with E-state index in [4.69, 9.17) is 15.2 Å². The van der Waals surface area contributed by atoms with Crippen LogP contribution in [-0.4, -0.2) is 51.9 Å². The van der Waals surface area contributed by atoms with E-state index in [1.54, 1.807) is 4.90 Å². The number of hydrogen-bond donors (Lipinski definition) is 1. The third-order valence-electron chi connectivity index (χ3n) is 6.72. The number of benzene rings is 1. The summed E-state index contributed by atoms with van der Waals surface area (Å²) in [6.45, 7) is -0.0328. The van der Waals surface area contributed by atoms with E-state index in [0.717, 1.165) is 27.6 Å². The predicted octanol–water partition coefficient (Wildman–Crippen LogP) is 2.94. The molecule has 0 aliphatic carbocycles. The Morgan fingerprint density at radius 2 is 2.09 bits per heavy atom. The van der Waals surface area contributed by atoms with Gasteiger partial charge in [0.15, 0.2) is 0 Å². The van der Waals surface area contributed by atoms with Gasteiger partial charge < -0.3 is 24.8 Å². The first kappa shape index (κ1) is 21.1. The Hall–Kier alpha value is -3.44. The maximum Gasteiger partial charge on any atom is 0.388 e. The van der Waals surface area contributed by atoms with Gasteiger partial charge in [-0.05, 0) is 42.7 Å². The molecule has 6 rings (SSSR count). The molecule has 3 aliphatic heterocycles. The van der Waals surface area contributed by atoms with Crippen LogP contribution in [0.25, 0.3) is 10.9 Å². The van der Waals surface area contributed by atoms with Gasteiger partial charge in [0.05, 0.1) is 49.2 Å². The third kappa shape index (κ3) is 3.26. The first-order valence-corrected chi connectivity index (χ1v) is 11.0. The van der Waals surface area contributed by atoms with Gasteiger partial charge in [0.25, 0.3) is 5.91 Å². The zero-order valence-corrected chi connectivity index (χ0v) is 18.2. The Bertz CT molecular complexity index is 1300. The Labute approximate surface area is 192 Å². The molecule has 9 nitrogen and oxygen atoms in total. The molecule has 1 aromatic carbocycles. The molecule has 5 heterocycles. The highest BCUT2D eigenvalue weighted by molar-refractivity contribution is 6.02. The lowest BCUT2D eigenvalue weighted by atomic mass is 9.88. The van der Waals surface area contributed by atoms with Crippen LogP contribution in [0, 0.1) is 0 Å². The van der Waals surface area contributed by atoms with Crippen LogP contribution in [0.4, 0.5) is 14.6 Å². The van der Waals surface area contributed by atoms with Crippen molar-refractivity contribution in [2.24, 2.45) is 0 Å². The highest BCUT2D eigenvalue weighted by Gasteiger charge is 2.42. The minimum absolute atomic E-state index is 0.145. The summed E-state index contributed by atoms with van der Waals surface area (Å²) in [6.07, 6.45) is 0.432. The normalized spacial score (nSPS) is 23.7. The van der Waals surface area contributed by atoms with E-state index in [1.165, 1.54) is 12.1 Å². The summed E-state index contributed by atoms with van der Waals surface area (Å²) in [6, 6.07) is 5.96. The molecule has 0 spiro atoms. The zero-order chi connectivity index (χ0) is 23.6. The topological polar surface area (TPSA) is 113 Å². The summed E-state index contributed by atoms with van der Waals surface area (Å²) in [5.74, 6) is 0.0229. The molecular weight excluding hydrogens is 448 g/mol. The molecule has 3 aliphatic rings. The van der Waals surface area contributed by atoms with Crippen molar-refractivity contribution < 1.29 is 27.8 Å². The minimum atomic E-state index is -2.99. The minimum Gasteiger partial charge on any atom is -0.415 e. The Morgan fingerprint density at radius 3 is 2.85 bits per heavy atom. The number of pyridine rings is 1. The van der Waals surface area contributed by atoms with Crippen molar-refractivity contribution in [3.05, 3.63) is 52.2 Å². The molecule has 0 radical (unpaired) electrons. The summed E-state index contributed by atoms with van der Waals surface area (Å²) in [5.41, 5.74) is 10.7.